The van der Waals surface area contributed by atoms with Crippen LogP contribution in [0.15, 0.2) is 59.1 Å². The van der Waals surface area contributed by atoms with Gasteiger partial charge in [0.15, 0.2) is 5.78 Å². The molecule has 1 aliphatic carbocycles. The number of aliphatic imine (C=N–C) groups is 1. The highest BCUT2D eigenvalue weighted by Crippen LogP contribution is 2.48. The highest BCUT2D eigenvalue weighted by Gasteiger charge is 2.45. The number of allylic oxidation sites excluding steroid dienone is 1. The number of fused-ring (bicyclic) bond motifs is 2. The number of rotatable bonds is 3. The van der Waals surface area contributed by atoms with E-state index in [4.69, 9.17) is 4.74 Å². The third-order valence-corrected chi connectivity index (χ3v) is 5.10. The van der Waals surface area contributed by atoms with Crippen molar-refractivity contribution < 1.29 is 19.4 Å². The molecule has 136 valence electrons. The molecule has 27 heavy (non-hydrogen) atoms. The van der Waals surface area contributed by atoms with Crippen molar-refractivity contribution in [2.24, 2.45) is 10.9 Å². The Morgan fingerprint density at radius 3 is 2.44 bits per heavy atom. The van der Waals surface area contributed by atoms with Crippen LogP contribution in [0.2, 0.25) is 0 Å². The lowest BCUT2D eigenvalue weighted by molar-refractivity contribution is -0.145. The van der Waals surface area contributed by atoms with Gasteiger partial charge in [-0.2, -0.15) is 0 Å². The van der Waals surface area contributed by atoms with E-state index in [9.17, 15) is 14.7 Å². The number of hydrogen-bond acceptors (Lipinski definition) is 5. The number of phenolic OH excluding ortho intramolecular Hbond substituents is 1. The van der Waals surface area contributed by atoms with Crippen molar-refractivity contribution in [3.63, 3.8) is 0 Å². The zero-order valence-corrected chi connectivity index (χ0v) is 15.1. The average Bonchev–Trinajstić information content (AvgIpc) is 2.94. The van der Waals surface area contributed by atoms with Crippen molar-refractivity contribution >= 4 is 23.2 Å². The summed E-state index contributed by atoms with van der Waals surface area (Å²) in [6, 6.07) is 14.0. The van der Waals surface area contributed by atoms with Crippen LogP contribution in [-0.4, -0.2) is 29.2 Å². The van der Waals surface area contributed by atoms with Gasteiger partial charge >= 0.3 is 5.97 Å². The number of Topliss-reactive ketones (excluding diaryl/α,β-unsaturated/α-hetero) is 1. The number of aromatic hydroxyl groups is 1. The molecular formula is C22H19NO4. The highest BCUT2D eigenvalue weighted by molar-refractivity contribution is 6.24. The second-order valence-corrected chi connectivity index (χ2v) is 6.69. The fraction of sp³-hybridized carbons (Fsp3) is 0.227. The van der Waals surface area contributed by atoms with Gasteiger partial charge in [-0.05, 0) is 31.5 Å². The quantitative estimate of drug-likeness (QED) is 0.845. The van der Waals surface area contributed by atoms with Crippen LogP contribution in [0.1, 0.15) is 41.3 Å². The van der Waals surface area contributed by atoms with E-state index in [-0.39, 0.29) is 18.1 Å². The van der Waals surface area contributed by atoms with Crippen LogP contribution in [0.25, 0.3) is 5.70 Å². The number of carbonyl (C=O) groups is 2. The second kappa shape index (κ2) is 6.50. The van der Waals surface area contributed by atoms with E-state index in [1.807, 2.05) is 18.2 Å². The molecule has 5 nitrogen and oxygen atoms in total. The van der Waals surface area contributed by atoms with E-state index in [0.717, 1.165) is 11.1 Å². The number of ketones is 1. The molecule has 2 aromatic carbocycles. The van der Waals surface area contributed by atoms with Gasteiger partial charge in [0, 0.05) is 28.3 Å². The Morgan fingerprint density at radius 2 is 1.78 bits per heavy atom. The Hall–Kier alpha value is -3.21. The van der Waals surface area contributed by atoms with Crippen molar-refractivity contribution in [2.45, 2.75) is 19.8 Å². The summed E-state index contributed by atoms with van der Waals surface area (Å²) in [4.78, 5) is 30.6. The van der Waals surface area contributed by atoms with Crippen LogP contribution in [0, 0.1) is 5.92 Å². The van der Waals surface area contributed by atoms with Gasteiger partial charge < -0.3 is 9.84 Å². The molecule has 0 saturated carbocycles. The Labute approximate surface area is 157 Å². The summed E-state index contributed by atoms with van der Waals surface area (Å²) in [5.41, 5.74) is 3.94. The topological polar surface area (TPSA) is 76.0 Å². The molecule has 1 unspecified atom stereocenters. The molecule has 1 heterocycles. The molecule has 1 aliphatic heterocycles. The molecule has 0 fully saturated rings. The van der Waals surface area contributed by atoms with E-state index >= 15 is 0 Å². The summed E-state index contributed by atoms with van der Waals surface area (Å²) in [7, 11) is 0. The van der Waals surface area contributed by atoms with E-state index in [2.05, 4.69) is 4.99 Å². The number of carbonyl (C=O) groups excluding carboxylic acids is 2. The molecular weight excluding hydrogens is 342 g/mol. The number of benzene rings is 2. The van der Waals surface area contributed by atoms with Crippen LogP contribution < -0.4 is 0 Å². The molecule has 0 bridgehead atoms. The van der Waals surface area contributed by atoms with Crippen LogP contribution in [0.5, 0.6) is 5.75 Å². The molecule has 4 rings (SSSR count). The number of nitrogens with zero attached hydrogens (tertiary/aromatic N) is 1. The fourth-order valence-corrected chi connectivity index (χ4v) is 3.93. The lowest BCUT2D eigenvalue weighted by Gasteiger charge is -2.30. The average molecular weight is 361 g/mol. The monoisotopic (exact) mass is 361 g/mol. The van der Waals surface area contributed by atoms with Gasteiger partial charge in [0.1, 0.15) is 11.7 Å². The standard InChI is InChI=1S/C22H19NO4/c1-3-27-22(26)17-12(2)23-20-15-6-4-5-7-16(15)21(25)19(20)18(17)13-8-10-14(24)11-9-13/h4-11,17-18,24H,3H2,1-2H3/t17?,18-/m0/s1. The summed E-state index contributed by atoms with van der Waals surface area (Å²) in [5.74, 6) is -1.55. The number of phenols is 1. The minimum absolute atomic E-state index is 0.107. The van der Waals surface area contributed by atoms with Crippen LogP contribution >= 0.6 is 0 Å². The Kier molecular flexibility index (Phi) is 4.15. The minimum atomic E-state index is -0.675. The van der Waals surface area contributed by atoms with Crippen molar-refractivity contribution in [3.05, 3.63) is 70.8 Å². The zero-order chi connectivity index (χ0) is 19.1. The Bertz CT molecular complexity index is 1000. The number of esters is 1. The first-order valence-corrected chi connectivity index (χ1v) is 8.92. The largest absolute Gasteiger partial charge is 0.508 e. The van der Waals surface area contributed by atoms with E-state index < -0.39 is 17.8 Å². The first-order valence-electron chi connectivity index (χ1n) is 8.92. The van der Waals surface area contributed by atoms with Gasteiger partial charge in [0.2, 0.25) is 0 Å². The van der Waals surface area contributed by atoms with Crippen molar-refractivity contribution in [3.8, 4) is 5.75 Å². The van der Waals surface area contributed by atoms with Crippen LogP contribution in [0.3, 0.4) is 0 Å². The lowest BCUT2D eigenvalue weighted by Crippen LogP contribution is -2.35. The number of hydrogen-bond donors (Lipinski definition) is 1. The number of ether oxygens (including phenoxy) is 1. The minimum Gasteiger partial charge on any atom is -0.508 e. The predicted molar refractivity (Wildman–Crippen MR) is 102 cm³/mol. The maximum atomic E-state index is 13.2. The maximum Gasteiger partial charge on any atom is 0.315 e. The summed E-state index contributed by atoms with van der Waals surface area (Å²) in [6.45, 7) is 3.80. The first-order chi connectivity index (χ1) is 13.0. The van der Waals surface area contributed by atoms with Gasteiger partial charge in [0.05, 0.1) is 12.3 Å². The maximum absolute atomic E-state index is 13.2. The van der Waals surface area contributed by atoms with Crippen LogP contribution in [-0.2, 0) is 9.53 Å². The van der Waals surface area contributed by atoms with Crippen molar-refractivity contribution in [2.75, 3.05) is 6.61 Å². The van der Waals surface area contributed by atoms with Gasteiger partial charge in [-0.15, -0.1) is 0 Å². The SMILES string of the molecule is CCOC(=O)C1C(C)=NC2=C(C(=O)c3ccccc32)[C@H]1c1ccc(O)cc1. The second-order valence-electron chi connectivity index (χ2n) is 6.69. The van der Waals surface area contributed by atoms with Gasteiger partial charge in [-0.25, -0.2) is 0 Å². The van der Waals surface area contributed by atoms with Gasteiger partial charge in [0.25, 0.3) is 0 Å². The molecule has 5 heteroatoms. The Balaban J connectivity index is 1.92. The normalized spacial score (nSPS) is 20.8. The van der Waals surface area contributed by atoms with Crippen molar-refractivity contribution in [1.29, 1.82) is 0 Å². The van der Waals surface area contributed by atoms with Crippen molar-refractivity contribution in [1.82, 2.24) is 0 Å². The zero-order valence-electron chi connectivity index (χ0n) is 15.1. The van der Waals surface area contributed by atoms with E-state index in [1.54, 1.807) is 44.2 Å². The third kappa shape index (κ3) is 2.67. The van der Waals surface area contributed by atoms with E-state index in [1.165, 1.54) is 0 Å². The molecule has 0 aromatic heterocycles. The summed E-state index contributed by atoms with van der Waals surface area (Å²) in [5, 5.41) is 9.65. The third-order valence-electron chi connectivity index (χ3n) is 5.10. The molecule has 2 aromatic rings. The predicted octanol–water partition coefficient (Wildman–Crippen LogP) is 3.74. The Morgan fingerprint density at radius 1 is 1.11 bits per heavy atom. The molecule has 1 N–H and O–H groups in total. The summed E-state index contributed by atoms with van der Waals surface area (Å²) >= 11 is 0. The van der Waals surface area contributed by atoms with Gasteiger partial charge in [-0.3, -0.25) is 14.6 Å². The molecule has 0 saturated heterocycles. The lowest BCUT2D eigenvalue weighted by atomic mass is 9.75. The van der Waals surface area contributed by atoms with Crippen LogP contribution in [0.4, 0.5) is 0 Å². The molecule has 0 radical (unpaired) electrons. The molecule has 2 atom stereocenters. The van der Waals surface area contributed by atoms with Gasteiger partial charge in [-0.1, -0.05) is 36.4 Å². The molecule has 0 amide bonds. The fourth-order valence-electron chi connectivity index (χ4n) is 3.93. The molecule has 0 spiro atoms. The smallest absolute Gasteiger partial charge is 0.315 e. The summed E-state index contributed by atoms with van der Waals surface area (Å²) in [6.07, 6.45) is 0. The summed E-state index contributed by atoms with van der Waals surface area (Å²) < 4.78 is 5.29. The highest BCUT2D eigenvalue weighted by atomic mass is 16.5. The first kappa shape index (κ1) is 17.2. The van der Waals surface area contributed by atoms with E-state index in [0.29, 0.717) is 22.5 Å². The molecule has 2 aliphatic rings.